The molecule has 0 N–H and O–H groups in total. The van der Waals surface area contributed by atoms with Crippen LogP contribution in [0.25, 0.3) is 11.0 Å². The number of aryl methyl sites for hydroxylation is 1. The number of ether oxygens (including phenoxy) is 1. The Bertz CT molecular complexity index is 947. The van der Waals surface area contributed by atoms with Crippen molar-refractivity contribution in [2.45, 2.75) is 20.0 Å². The second-order valence-electron chi connectivity index (χ2n) is 5.22. The van der Waals surface area contributed by atoms with Gasteiger partial charge in [0.15, 0.2) is 0 Å². The summed E-state index contributed by atoms with van der Waals surface area (Å²) in [5.74, 6) is -0.536. The Morgan fingerprint density at radius 2 is 2.08 bits per heavy atom. The number of esters is 1. The van der Waals surface area contributed by atoms with Crippen LogP contribution in [0, 0.1) is 0 Å². The molecule has 0 spiro atoms. The van der Waals surface area contributed by atoms with Gasteiger partial charge < -0.3 is 9.15 Å². The first-order valence-corrected chi connectivity index (χ1v) is 7.79. The van der Waals surface area contributed by atoms with Crippen molar-refractivity contribution in [2.75, 3.05) is 0 Å². The highest BCUT2D eigenvalue weighted by Crippen LogP contribution is 2.20. The van der Waals surface area contributed by atoms with E-state index in [0.717, 1.165) is 17.4 Å². The van der Waals surface area contributed by atoms with Crippen LogP contribution in [0.5, 0.6) is 0 Å². The van der Waals surface area contributed by atoms with Crippen LogP contribution in [-0.4, -0.2) is 11.0 Å². The van der Waals surface area contributed by atoms with Crippen LogP contribution < -0.4 is 5.63 Å². The molecule has 2 aromatic heterocycles. The van der Waals surface area contributed by atoms with Gasteiger partial charge in [-0.2, -0.15) is 0 Å². The Balaban J connectivity index is 1.85. The molecule has 0 fully saturated rings. The smallest absolute Gasteiger partial charge is 0.340 e. The number of carbonyl (C=O) groups excluding carboxylic acids is 1. The van der Waals surface area contributed by atoms with Crippen molar-refractivity contribution < 1.29 is 13.9 Å². The van der Waals surface area contributed by atoms with Crippen molar-refractivity contribution in [3.8, 4) is 0 Å². The van der Waals surface area contributed by atoms with Crippen LogP contribution >= 0.6 is 11.6 Å². The summed E-state index contributed by atoms with van der Waals surface area (Å²) in [6.45, 7) is 1.99. The molecule has 0 aliphatic rings. The minimum Gasteiger partial charge on any atom is -0.457 e. The third-order valence-electron chi connectivity index (χ3n) is 3.62. The molecular weight excluding hydrogens is 330 g/mol. The van der Waals surface area contributed by atoms with Crippen LogP contribution in [-0.2, 0) is 17.8 Å². The largest absolute Gasteiger partial charge is 0.457 e. The van der Waals surface area contributed by atoms with E-state index in [2.05, 4.69) is 4.98 Å². The fourth-order valence-electron chi connectivity index (χ4n) is 2.34. The fraction of sp³-hybridized carbons (Fsp3) is 0.167. The molecule has 3 aromatic rings. The fourth-order valence-corrected chi connectivity index (χ4v) is 2.45. The highest BCUT2D eigenvalue weighted by molar-refractivity contribution is 6.29. The number of carbonyl (C=O) groups is 1. The maximum atomic E-state index is 12.0. The Hall–Kier alpha value is -2.66. The van der Waals surface area contributed by atoms with E-state index in [-0.39, 0.29) is 6.61 Å². The van der Waals surface area contributed by atoms with Crippen molar-refractivity contribution in [2.24, 2.45) is 0 Å². The van der Waals surface area contributed by atoms with Crippen molar-refractivity contribution in [1.82, 2.24) is 4.98 Å². The van der Waals surface area contributed by atoms with Crippen LogP contribution in [0.1, 0.15) is 28.4 Å². The average molecular weight is 344 g/mol. The number of hydrogen-bond acceptors (Lipinski definition) is 5. The van der Waals surface area contributed by atoms with Gasteiger partial charge in [-0.3, -0.25) is 0 Å². The van der Waals surface area contributed by atoms with E-state index in [4.69, 9.17) is 20.8 Å². The lowest BCUT2D eigenvalue weighted by Crippen LogP contribution is -2.08. The molecule has 0 aliphatic carbocycles. The van der Waals surface area contributed by atoms with Gasteiger partial charge in [-0.25, -0.2) is 14.6 Å². The van der Waals surface area contributed by atoms with Crippen molar-refractivity contribution in [1.29, 1.82) is 0 Å². The Morgan fingerprint density at radius 3 is 2.79 bits per heavy atom. The van der Waals surface area contributed by atoms with Crippen LogP contribution in [0.15, 0.2) is 51.8 Å². The normalized spacial score (nSPS) is 10.8. The van der Waals surface area contributed by atoms with Crippen molar-refractivity contribution >= 4 is 28.5 Å². The summed E-state index contributed by atoms with van der Waals surface area (Å²) < 4.78 is 10.5. The monoisotopic (exact) mass is 343 g/mol. The molecule has 0 radical (unpaired) electrons. The molecule has 0 unspecified atom stereocenters. The first-order valence-electron chi connectivity index (χ1n) is 7.41. The molecule has 3 rings (SSSR count). The summed E-state index contributed by atoms with van der Waals surface area (Å²) in [6.07, 6.45) is 2.18. The summed E-state index contributed by atoms with van der Waals surface area (Å²) in [5.41, 5.74) is 1.96. The van der Waals surface area contributed by atoms with Gasteiger partial charge in [0.2, 0.25) is 0 Å². The lowest BCUT2D eigenvalue weighted by atomic mass is 10.1. The van der Waals surface area contributed by atoms with Crippen LogP contribution in [0.2, 0.25) is 5.15 Å². The molecule has 5 nitrogen and oxygen atoms in total. The Kier molecular flexibility index (Phi) is 4.62. The first kappa shape index (κ1) is 16.2. The molecule has 122 valence electrons. The minimum absolute atomic E-state index is 0.0327. The lowest BCUT2D eigenvalue weighted by Gasteiger charge is -2.08. The minimum atomic E-state index is -0.536. The number of pyridine rings is 1. The van der Waals surface area contributed by atoms with Gasteiger partial charge in [-0.15, -0.1) is 0 Å². The van der Waals surface area contributed by atoms with E-state index < -0.39 is 11.6 Å². The number of fused-ring (bicyclic) bond motifs is 1. The van der Waals surface area contributed by atoms with E-state index in [0.29, 0.717) is 21.9 Å². The zero-order valence-corrected chi connectivity index (χ0v) is 13.7. The zero-order valence-electron chi connectivity index (χ0n) is 12.9. The molecule has 6 heteroatoms. The standard InChI is InChI=1S/C18H14ClNO4/c1-2-11-3-5-14-13(8-17(21)24-15(14)7-11)10-23-18(22)12-4-6-16(19)20-9-12/h3-9H,2,10H2,1H3. The van der Waals surface area contributed by atoms with E-state index in [9.17, 15) is 9.59 Å². The number of hydrogen-bond donors (Lipinski definition) is 0. The van der Waals surface area contributed by atoms with Crippen molar-refractivity contribution in [3.05, 3.63) is 74.9 Å². The second kappa shape index (κ2) is 6.84. The molecule has 0 amide bonds. The SMILES string of the molecule is CCc1ccc2c(COC(=O)c3ccc(Cl)nc3)cc(=O)oc2c1. The van der Waals surface area contributed by atoms with Gasteiger partial charge in [0.1, 0.15) is 17.3 Å². The van der Waals surface area contributed by atoms with E-state index in [1.54, 1.807) is 0 Å². The van der Waals surface area contributed by atoms with Crippen LogP contribution in [0.3, 0.4) is 0 Å². The van der Waals surface area contributed by atoms with E-state index in [1.165, 1.54) is 24.4 Å². The summed E-state index contributed by atoms with van der Waals surface area (Å²) in [5, 5.41) is 1.04. The summed E-state index contributed by atoms with van der Waals surface area (Å²) in [4.78, 5) is 27.6. The Labute approximate surface area is 142 Å². The van der Waals surface area contributed by atoms with Gasteiger partial charge in [0, 0.05) is 23.2 Å². The maximum absolute atomic E-state index is 12.0. The van der Waals surface area contributed by atoms with Gasteiger partial charge in [-0.1, -0.05) is 30.7 Å². The molecule has 0 aliphatic heterocycles. The zero-order chi connectivity index (χ0) is 17.1. The quantitative estimate of drug-likeness (QED) is 0.410. The molecule has 24 heavy (non-hydrogen) atoms. The molecule has 2 heterocycles. The number of benzene rings is 1. The number of nitrogens with zero attached hydrogens (tertiary/aromatic N) is 1. The third kappa shape index (κ3) is 3.46. The first-order chi connectivity index (χ1) is 11.6. The molecule has 0 saturated heterocycles. The molecular formula is C18H14ClNO4. The van der Waals surface area contributed by atoms with E-state index in [1.807, 2.05) is 25.1 Å². The summed E-state index contributed by atoms with van der Waals surface area (Å²) in [6, 6.07) is 10.0. The second-order valence-corrected chi connectivity index (χ2v) is 5.61. The Morgan fingerprint density at radius 1 is 1.25 bits per heavy atom. The van der Waals surface area contributed by atoms with Gasteiger partial charge >= 0.3 is 11.6 Å². The average Bonchev–Trinajstić information content (AvgIpc) is 2.59. The van der Waals surface area contributed by atoms with Gasteiger partial charge in [0.25, 0.3) is 0 Å². The number of halogens is 1. The van der Waals surface area contributed by atoms with Gasteiger partial charge in [-0.05, 0) is 30.2 Å². The molecule has 0 atom stereocenters. The summed E-state index contributed by atoms with van der Waals surface area (Å²) in [7, 11) is 0. The predicted molar refractivity (Wildman–Crippen MR) is 90.2 cm³/mol. The molecule has 1 aromatic carbocycles. The third-order valence-corrected chi connectivity index (χ3v) is 3.85. The molecule has 0 saturated carbocycles. The highest BCUT2D eigenvalue weighted by atomic mass is 35.5. The maximum Gasteiger partial charge on any atom is 0.340 e. The number of aromatic nitrogens is 1. The van der Waals surface area contributed by atoms with Gasteiger partial charge in [0.05, 0.1) is 5.56 Å². The summed E-state index contributed by atoms with van der Waals surface area (Å²) >= 11 is 5.69. The molecule has 0 bridgehead atoms. The lowest BCUT2D eigenvalue weighted by molar-refractivity contribution is 0.0473. The highest BCUT2D eigenvalue weighted by Gasteiger charge is 2.11. The predicted octanol–water partition coefficient (Wildman–Crippen LogP) is 3.76. The number of rotatable bonds is 4. The van der Waals surface area contributed by atoms with Crippen LogP contribution in [0.4, 0.5) is 0 Å². The van der Waals surface area contributed by atoms with E-state index >= 15 is 0 Å². The van der Waals surface area contributed by atoms with Crippen molar-refractivity contribution in [3.63, 3.8) is 0 Å². The topological polar surface area (TPSA) is 69.4 Å².